The van der Waals surface area contributed by atoms with Gasteiger partial charge in [0.25, 0.3) is 0 Å². The monoisotopic (exact) mass is 366 g/mol. The number of nitrogens with zero attached hydrogens (tertiary/aromatic N) is 3. The van der Waals surface area contributed by atoms with Crippen molar-refractivity contribution in [3.8, 4) is 11.6 Å². The summed E-state index contributed by atoms with van der Waals surface area (Å²) in [5.41, 5.74) is 8.76. The molecular formula is C20H19ClN4O. The Balaban J connectivity index is 0.00000196. The SMILES string of the molecule is Cl.NCc1cc(Oc2cccc3c2ccn3Cc2ccccc2)ncn1. The van der Waals surface area contributed by atoms with Crippen molar-refractivity contribution in [2.75, 3.05) is 0 Å². The summed E-state index contributed by atoms with van der Waals surface area (Å²) in [5, 5.41) is 1.05. The molecule has 26 heavy (non-hydrogen) atoms. The lowest BCUT2D eigenvalue weighted by Gasteiger charge is -2.09. The maximum Gasteiger partial charge on any atom is 0.222 e. The van der Waals surface area contributed by atoms with Gasteiger partial charge in [0.2, 0.25) is 5.88 Å². The lowest BCUT2D eigenvalue weighted by atomic mass is 10.2. The highest BCUT2D eigenvalue weighted by molar-refractivity contribution is 5.86. The predicted octanol–water partition coefficient (Wildman–Crippen LogP) is 4.15. The molecule has 0 bridgehead atoms. The van der Waals surface area contributed by atoms with Gasteiger partial charge in [0.05, 0.1) is 11.2 Å². The number of fused-ring (bicyclic) bond motifs is 1. The lowest BCUT2D eigenvalue weighted by Crippen LogP contribution is -2.00. The van der Waals surface area contributed by atoms with Crippen LogP contribution in [0.3, 0.4) is 0 Å². The highest BCUT2D eigenvalue weighted by atomic mass is 35.5. The van der Waals surface area contributed by atoms with Crippen LogP contribution in [0.1, 0.15) is 11.3 Å². The van der Waals surface area contributed by atoms with E-state index in [2.05, 4.69) is 57.1 Å². The van der Waals surface area contributed by atoms with E-state index >= 15 is 0 Å². The van der Waals surface area contributed by atoms with Crippen molar-refractivity contribution in [3.05, 3.63) is 84.4 Å². The number of ether oxygens (including phenoxy) is 1. The summed E-state index contributed by atoms with van der Waals surface area (Å²) in [6, 6.07) is 20.3. The van der Waals surface area contributed by atoms with Crippen LogP contribution in [-0.2, 0) is 13.1 Å². The lowest BCUT2D eigenvalue weighted by molar-refractivity contribution is 0.465. The average molecular weight is 367 g/mol. The molecule has 2 N–H and O–H groups in total. The van der Waals surface area contributed by atoms with Crippen LogP contribution in [0.4, 0.5) is 0 Å². The van der Waals surface area contributed by atoms with Crippen molar-refractivity contribution in [1.29, 1.82) is 0 Å². The number of rotatable bonds is 5. The Morgan fingerprint density at radius 2 is 1.81 bits per heavy atom. The van der Waals surface area contributed by atoms with Crippen molar-refractivity contribution in [2.24, 2.45) is 5.73 Å². The summed E-state index contributed by atoms with van der Waals surface area (Å²) in [6.07, 6.45) is 3.55. The maximum absolute atomic E-state index is 5.98. The smallest absolute Gasteiger partial charge is 0.222 e. The second-order valence-corrected chi connectivity index (χ2v) is 5.77. The van der Waals surface area contributed by atoms with Gasteiger partial charge in [-0.15, -0.1) is 12.4 Å². The van der Waals surface area contributed by atoms with E-state index in [4.69, 9.17) is 10.5 Å². The Labute approximate surface area is 157 Å². The zero-order valence-corrected chi connectivity index (χ0v) is 14.9. The third-order valence-electron chi connectivity index (χ3n) is 4.09. The summed E-state index contributed by atoms with van der Waals surface area (Å²) in [5.74, 6) is 1.27. The Morgan fingerprint density at radius 3 is 2.62 bits per heavy atom. The summed E-state index contributed by atoms with van der Waals surface area (Å²) in [4.78, 5) is 8.26. The van der Waals surface area contributed by atoms with Gasteiger partial charge in [0.15, 0.2) is 0 Å². The quantitative estimate of drug-likeness (QED) is 0.576. The number of nitrogens with two attached hydrogens (primary N) is 1. The van der Waals surface area contributed by atoms with Gasteiger partial charge in [-0.2, -0.15) is 0 Å². The molecule has 4 aromatic rings. The molecule has 0 atom stereocenters. The molecule has 0 aliphatic rings. The van der Waals surface area contributed by atoms with Crippen LogP contribution in [0.5, 0.6) is 11.6 Å². The van der Waals surface area contributed by atoms with Gasteiger partial charge in [-0.25, -0.2) is 9.97 Å². The minimum absolute atomic E-state index is 0. The average Bonchev–Trinajstić information content (AvgIpc) is 3.07. The molecule has 132 valence electrons. The summed E-state index contributed by atoms with van der Waals surface area (Å²) in [7, 11) is 0. The van der Waals surface area contributed by atoms with Crippen LogP contribution in [0, 0.1) is 0 Å². The molecule has 0 amide bonds. The predicted molar refractivity (Wildman–Crippen MR) is 105 cm³/mol. The first kappa shape index (κ1) is 17.9. The second-order valence-electron chi connectivity index (χ2n) is 5.77. The molecular weight excluding hydrogens is 348 g/mol. The summed E-state index contributed by atoms with van der Waals surface area (Å²) >= 11 is 0. The van der Waals surface area contributed by atoms with E-state index in [1.54, 1.807) is 6.07 Å². The number of hydrogen-bond donors (Lipinski definition) is 1. The van der Waals surface area contributed by atoms with E-state index in [0.717, 1.165) is 28.9 Å². The molecule has 2 aromatic carbocycles. The zero-order valence-electron chi connectivity index (χ0n) is 14.1. The van der Waals surface area contributed by atoms with Gasteiger partial charge >= 0.3 is 0 Å². The summed E-state index contributed by atoms with van der Waals surface area (Å²) < 4.78 is 8.19. The molecule has 4 rings (SSSR count). The van der Waals surface area contributed by atoms with Crippen molar-refractivity contribution < 1.29 is 4.74 Å². The van der Waals surface area contributed by atoms with Crippen molar-refractivity contribution >= 4 is 23.3 Å². The minimum atomic E-state index is 0. The highest BCUT2D eigenvalue weighted by Gasteiger charge is 2.09. The standard InChI is InChI=1S/C20H18N4O.ClH/c21-12-16-11-20(23-14-22-16)25-19-8-4-7-18-17(19)9-10-24(18)13-15-5-2-1-3-6-15;/h1-11,14H,12-13,21H2;1H. The van der Waals surface area contributed by atoms with Gasteiger partial charge in [-0.3, -0.25) is 0 Å². The molecule has 5 nitrogen and oxygen atoms in total. The molecule has 6 heteroatoms. The molecule has 2 aromatic heterocycles. The fourth-order valence-electron chi connectivity index (χ4n) is 2.86. The number of hydrogen-bond acceptors (Lipinski definition) is 4. The molecule has 0 radical (unpaired) electrons. The fraction of sp³-hybridized carbons (Fsp3) is 0.100. The Bertz CT molecular complexity index is 1000. The largest absolute Gasteiger partial charge is 0.438 e. The normalized spacial score (nSPS) is 10.5. The van der Waals surface area contributed by atoms with Crippen LogP contribution >= 0.6 is 12.4 Å². The van der Waals surface area contributed by atoms with Crippen LogP contribution in [0.15, 0.2) is 73.2 Å². The molecule has 0 spiro atoms. The molecule has 0 saturated heterocycles. The second kappa shape index (κ2) is 7.99. The van der Waals surface area contributed by atoms with Gasteiger partial charge in [-0.05, 0) is 23.8 Å². The van der Waals surface area contributed by atoms with E-state index in [1.165, 1.54) is 11.9 Å². The van der Waals surface area contributed by atoms with Gasteiger partial charge in [0, 0.05) is 30.7 Å². The van der Waals surface area contributed by atoms with Crippen LogP contribution in [0.25, 0.3) is 10.9 Å². The third-order valence-corrected chi connectivity index (χ3v) is 4.09. The summed E-state index contributed by atoms with van der Waals surface area (Å²) in [6.45, 7) is 1.18. The molecule has 2 heterocycles. The van der Waals surface area contributed by atoms with E-state index < -0.39 is 0 Å². The Kier molecular flexibility index (Phi) is 5.51. The van der Waals surface area contributed by atoms with Gasteiger partial charge in [-0.1, -0.05) is 36.4 Å². The van der Waals surface area contributed by atoms with Crippen LogP contribution < -0.4 is 10.5 Å². The fourth-order valence-corrected chi connectivity index (χ4v) is 2.86. The van der Waals surface area contributed by atoms with E-state index in [9.17, 15) is 0 Å². The first-order valence-electron chi connectivity index (χ1n) is 8.14. The van der Waals surface area contributed by atoms with Crippen LogP contribution in [0.2, 0.25) is 0 Å². The Hall–Kier alpha value is -2.89. The topological polar surface area (TPSA) is 66.0 Å². The van der Waals surface area contributed by atoms with E-state index in [-0.39, 0.29) is 12.4 Å². The molecule has 0 fully saturated rings. The molecule has 0 aliphatic carbocycles. The number of benzene rings is 2. The first-order valence-corrected chi connectivity index (χ1v) is 8.14. The Morgan fingerprint density at radius 1 is 0.962 bits per heavy atom. The number of halogens is 1. The third kappa shape index (κ3) is 3.69. The van der Waals surface area contributed by atoms with Gasteiger partial charge < -0.3 is 15.0 Å². The molecule has 0 unspecified atom stereocenters. The van der Waals surface area contributed by atoms with Crippen molar-refractivity contribution in [3.63, 3.8) is 0 Å². The highest BCUT2D eigenvalue weighted by Crippen LogP contribution is 2.30. The van der Waals surface area contributed by atoms with Crippen molar-refractivity contribution in [2.45, 2.75) is 13.1 Å². The zero-order chi connectivity index (χ0) is 17.1. The minimum Gasteiger partial charge on any atom is -0.438 e. The van der Waals surface area contributed by atoms with E-state index in [1.807, 2.05) is 18.2 Å². The maximum atomic E-state index is 5.98. The first-order chi connectivity index (χ1) is 12.3. The molecule has 0 saturated carbocycles. The van der Waals surface area contributed by atoms with Gasteiger partial charge in [0.1, 0.15) is 12.1 Å². The van der Waals surface area contributed by atoms with Crippen molar-refractivity contribution in [1.82, 2.24) is 14.5 Å². The molecule has 0 aliphatic heterocycles. The van der Waals surface area contributed by atoms with Crippen LogP contribution in [-0.4, -0.2) is 14.5 Å². The van der Waals surface area contributed by atoms with E-state index in [0.29, 0.717) is 12.4 Å². The number of aromatic nitrogens is 3.